The highest BCUT2D eigenvalue weighted by molar-refractivity contribution is 14.1. The minimum absolute atomic E-state index is 0.294. The summed E-state index contributed by atoms with van der Waals surface area (Å²) in [6.45, 7) is 0. The number of hydrogen-bond donors (Lipinski definition) is 0. The van der Waals surface area contributed by atoms with Crippen LogP contribution in [0.15, 0.2) is 29.2 Å². The molecule has 1 saturated carbocycles. The Morgan fingerprint density at radius 3 is 2.82 bits per heavy atom. The highest BCUT2D eigenvalue weighted by Gasteiger charge is 2.39. The molecule has 0 aromatic heterocycles. The second-order valence-electron chi connectivity index (χ2n) is 4.92. The molecule has 3 unspecified atom stereocenters. The van der Waals surface area contributed by atoms with Crippen LogP contribution < -0.4 is 0 Å². The Kier molecular flexibility index (Phi) is 3.48. The number of alkyl halides is 1. The van der Waals surface area contributed by atoms with Crippen LogP contribution in [0.25, 0.3) is 0 Å². The maximum absolute atomic E-state index is 12.3. The maximum Gasteiger partial charge on any atom is 0.197 e. The van der Waals surface area contributed by atoms with Gasteiger partial charge in [0, 0.05) is 14.7 Å². The second-order valence-corrected chi connectivity index (χ2v) is 7.30. The molecule has 1 aromatic rings. The van der Waals surface area contributed by atoms with Crippen molar-refractivity contribution in [3.8, 4) is 0 Å². The lowest BCUT2D eigenvalue weighted by molar-refractivity contribution is -0.116. The molecule has 3 atom stereocenters. The fourth-order valence-electron chi connectivity index (χ4n) is 3.02. The van der Waals surface area contributed by atoms with Crippen LogP contribution in [-0.4, -0.2) is 5.12 Å². The van der Waals surface area contributed by atoms with Gasteiger partial charge in [-0.2, -0.15) is 0 Å². The summed E-state index contributed by atoms with van der Waals surface area (Å²) in [4.78, 5) is 13.5. The van der Waals surface area contributed by atoms with Gasteiger partial charge < -0.3 is 0 Å². The van der Waals surface area contributed by atoms with E-state index in [-0.39, 0.29) is 0 Å². The molecule has 0 amide bonds. The van der Waals surface area contributed by atoms with Gasteiger partial charge >= 0.3 is 0 Å². The first kappa shape index (κ1) is 12.0. The fourth-order valence-corrected chi connectivity index (χ4v) is 5.75. The van der Waals surface area contributed by atoms with Crippen molar-refractivity contribution in [3.05, 3.63) is 29.8 Å². The lowest BCUT2D eigenvalue weighted by Gasteiger charge is -2.31. The Morgan fingerprint density at radius 2 is 1.94 bits per heavy atom. The van der Waals surface area contributed by atoms with Crippen molar-refractivity contribution in [1.82, 2.24) is 0 Å². The van der Waals surface area contributed by atoms with Gasteiger partial charge in [-0.3, -0.25) is 4.79 Å². The van der Waals surface area contributed by atoms with Crippen molar-refractivity contribution >= 4 is 39.5 Å². The summed E-state index contributed by atoms with van der Waals surface area (Å²) in [5, 5.41) is 0.404. The van der Waals surface area contributed by atoms with E-state index in [0.29, 0.717) is 20.9 Å². The van der Waals surface area contributed by atoms with E-state index < -0.39 is 0 Å². The van der Waals surface area contributed by atoms with Crippen LogP contribution in [0.1, 0.15) is 35.2 Å². The summed E-state index contributed by atoms with van der Waals surface area (Å²) in [5.74, 6) is 0.857. The first-order valence-corrected chi connectivity index (χ1v) is 8.28. The molecular formula is C14H15IOS. The van der Waals surface area contributed by atoms with E-state index in [1.54, 1.807) is 0 Å². The van der Waals surface area contributed by atoms with Crippen LogP contribution in [0, 0.1) is 11.8 Å². The van der Waals surface area contributed by atoms with Crippen LogP contribution >= 0.6 is 34.4 Å². The minimum atomic E-state index is 0.294. The third-order valence-corrected chi connectivity index (χ3v) is 6.62. The number of carbonyl (C=O) groups excluding carboxylic acids is 1. The van der Waals surface area contributed by atoms with Gasteiger partial charge in [-0.05, 0) is 30.4 Å². The zero-order valence-electron chi connectivity index (χ0n) is 9.56. The number of rotatable bonds is 0. The Labute approximate surface area is 120 Å². The summed E-state index contributed by atoms with van der Waals surface area (Å²) in [6.07, 6.45) is 4.84. The van der Waals surface area contributed by atoms with E-state index in [0.717, 1.165) is 6.42 Å². The highest BCUT2D eigenvalue weighted by Crippen LogP contribution is 2.50. The average molecular weight is 358 g/mol. The number of fused-ring (bicyclic) bond motifs is 2. The monoisotopic (exact) mass is 358 g/mol. The van der Waals surface area contributed by atoms with Crippen LogP contribution in [0.2, 0.25) is 0 Å². The summed E-state index contributed by atoms with van der Waals surface area (Å²) in [6, 6.07) is 8.43. The predicted octanol–water partition coefficient (Wildman–Crippen LogP) is 4.60. The molecule has 1 aliphatic heterocycles. The molecule has 17 heavy (non-hydrogen) atoms. The molecule has 0 saturated heterocycles. The first-order chi connectivity index (χ1) is 8.27. The second kappa shape index (κ2) is 4.92. The SMILES string of the molecule is O=C1Sc2ccccc2C(I)C2CCCCC12. The molecule has 90 valence electrons. The molecule has 1 aliphatic carbocycles. The normalized spacial score (nSPS) is 32.5. The zero-order valence-corrected chi connectivity index (χ0v) is 12.5. The van der Waals surface area contributed by atoms with Crippen LogP contribution in [-0.2, 0) is 4.79 Å². The van der Waals surface area contributed by atoms with Crippen molar-refractivity contribution < 1.29 is 4.79 Å². The molecule has 3 rings (SSSR count). The molecule has 1 aromatic carbocycles. The fraction of sp³-hybridized carbons (Fsp3) is 0.500. The van der Waals surface area contributed by atoms with Gasteiger partial charge in [0.1, 0.15) is 0 Å². The third-order valence-electron chi connectivity index (χ3n) is 3.92. The topological polar surface area (TPSA) is 17.1 Å². The van der Waals surface area contributed by atoms with E-state index in [1.165, 1.54) is 41.5 Å². The molecule has 3 heteroatoms. The standard InChI is InChI=1S/C14H15IOS/c15-13-9-5-1-2-6-10(9)14(16)17-12-8-4-3-7-11(12)13/h3-4,7-10,13H,1-2,5-6H2. The summed E-state index contributed by atoms with van der Waals surface area (Å²) < 4.78 is 0.507. The van der Waals surface area contributed by atoms with Crippen LogP contribution in [0.5, 0.6) is 0 Å². The molecule has 1 fully saturated rings. The molecule has 2 aliphatic rings. The van der Waals surface area contributed by atoms with Crippen molar-refractivity contribution in [2.45, 2.75) is 34.5 Å². The predicted molar refractivity (Wildman–Crippen MR) is 79.5 cm³/mol. The number of benzene rings is 1. The van der Waals surface area contributed by atoms with Crippen molar-refractivity contribution in [3.63, 3.8) is 0 Å². The van der Waals surface area contributed by atoms with Gasteiger partial charge in [-0.1, -0.05) is 65.4 Å². The van der Waals surface area contributed by atoms with Crippen molar-refractivity contribution in [2.75, 3.05) is 0 Å². The number of carbonyl (C=O) groups is 1. The lowest BCUT2D eigenvalue weighted by atomic mass is 9.77. The number of hydrogen-bond acceptors (Lipinski definition) is 2. The largest absolute Gasteiger partial charge is 0.287 e. The first-order valence-electron chi connectivity index (χ1n) is 6.22. The van der Waals surface area contributed by atoms with Gasteiger partial charge in [0.2, 0.25) is 0 Å². The summed E-state index contributed by atoms with van der Waals surface area (Å²) in [5.41, 5.74) is 1.38. The Bertz CT molecular complexity index is 446. The van der Waals surface area contributed by atoms with E-state index in [2.05, 4.69) is 40.8 Å². The molecular weight excluding hydrogens is 343 g/mol. The molecule has 0 N–H and O–H groups in total. The average Bonchev–Trinajstić information content (AvgIpc) is 2.48. The summed E-state index contributed by atoms with van der Waals surface area (Å²) in [7, 11) is 0. The molecule has 0 radical (unpaired) electrons. The molecule has 1 heterocycles. The zero-order chi connectivity index (χ0) is 11.8. The Hall–Kier alpha value is -0.0300. The molecule has 0 bridgehead atoms. The van der Waals surface area contributed by atoms with Gasteiger partial charge in [0.25, 0.3) is 0 Å². The van der Waals surface area contributed by atoms with Crippen molar-refractivity contribution in [1.29, 1.82) is 0 Å². The maximum atomic E-state index is 12.3. The number of thioether (sulfide) groups is 1. The molecule has 0 spiro atoms. The van der Waals surface area contributed by atoms with Crippen molar-refractivity contribution in [2.24, 2.45) is 11.8 Å². The van der Waals surface area contributed by atoms with Gasteiger partial charge in [-0.25, -0.2) is 0 Å². The smallest absolute Gasteiger partial charge is 0.197 e. The van der Waals surface area contributed by atoms with Crippen LogP contribution in [0.3, 0.4) is 0 Å². The Balaban J connectivity index is 2.04. The Morgan fingerprint density at radius 1 is 1.18 bits per heavy atom. The third kappa shape index (κ3) is 2.16. The summed E-state index contributed by atoms with van der Waals surface area (Å²) >= 11 is 4.03. The minimum Gasteiger partial charge on any atom is -0.287 e. The highest BCUT2D eigenvalue weighted by atomic mass is 127. The van der Waals surface area contributed by atoms with E-state index in [4.69, 9.17) is 0 Å². The quantitative estimate of drug-likeness (QED) is 0.498. The lowest BCUT2D eigenvalue weighted by Crippen LogP contribution is -2.26. The van der Waals surface area contributed by atoms with E-state index >= 15 is 0 Å². The van der Waals surface area contributed by atoms with Gasteiger partial charge in [0.05, 0.1) is 0 Å². The van der Waals surface area contributed by atoms with Crippen LogP contribution in [0.4, 0.5) is 0 Å². The van der Waals surface area contributed by atoms with E-state index in [1.807, 2.05) is 6.07 Å². The number of halogens is 1. The van der Waals surface area contributed by atoms with E-state index in [9.17, 15) is 4.79 Å². The van der Waals surface area contributed by atoms with Gasteiger partial charge in [0.15, 0.2) is 5.12 Å². The molecule has 1 nitrogen and oxygen atoms in total. The van der Waals surface area contributed by atoms with Gasteiger partial charge in [-0.15, -0.1) is 0 Å².